The van der Waals surface area contributed by atoms with Crippen LogP contribution in [0.2, 0.25) is 0 Å². The Morgan fingerprint density at radius 2 is 1.87 bits per heavy atom. The van der Waals surface area contributed by atoms with Crippen molar-refractivity contribution in [3.63, 3.8) is 0 Å². The number of amides is 1. The first-order chi connectivity index (χ1) is 11.2. The van der Waals surface area contributed by atoms with E-state index in [-0.39, 0.29) is 11.7 Å². The molecule has 23 heavy (non-hydrogen) atoms. The normalized spacial score (nSPS) is 10.2. The quantitative estimate of drug-likeness (QED) is 0.762. The van der Waals surface area contributed by atoms with Crippen molar-refractivity contribution in [3.05, 3.63) is 59.9 Å². The lowest BCUT2D eigenvalue weighted by Gasteiger charge is -2.09. The summed E-state index contributed by atoms with van der Waals surface area (Å²) in [6.07, 6.45) is 0.952. The molecule has 0 fully saturated rings. The van der Waals surface area contributed by atoms with Crippen molar-refractivity contribution in [2.75, 3.05) is 20.3 Å². The van der Waals surface area contributed by atoms with Crippen molar-refractivity contribution in [1.82, 2.24) is 5.32 Å². The van der Waals surface area contributed by atoms with E-state index in [1.54, 1.807) is 25.3 Å². The number of hydrogen-bond acceptors (Lipinski definition) is 3. The molecular weight excluding hydrogens is 297 g/mol. The summed E-state index contributed by atoms with van der Waals surface area (Å²) in [5.74, 6) is 1.10. The van der Waals surface area contributed by atoms with E-state index in [0.29, 0.717) is 31.7 Å². The predicted octanol–water partition coefficient (Wildman–Crippen LogP) is 2.96. The zero-order chi connectivity index (χ0) is 16.5. The lowest BCUT2D eigenvalue weighted by molar-refractivity contribution is -0.121. The van der Waals surface area contributed by atoms with Crippen molar-refractivity contribution >= 4 is 5.91 Å². The van der Waals surface area contributed by atoms with Crippen LogP contribution in [-0.4, -0.2) is 26.2 Å². The molecule has 2 rings (SSSR count). The van der Waals surface area contributed by atoms with Gasteiger partial charge in [-0.2, -0.15) is 0 Å². The topological polar surface area (TPSA) is 47.6 Å². The zero-order valence-electron chi connectivity index (χ0n) is 13.0. The van der Waals surface area contributed by atoms with Gasteiger partial charge in [-0.25, -0.2) is 4.39 Å². The first-order valence-electron chi connectivity index (χ1n) is 7.45. The van der Waals surface area contributed by atoms with Crippen LogP contribution in [0.1, 0.15) is 12.0 Å². The number of carbonyl (C=O) groups is 1. The van der Waals surface area contributed by atoms with Crippen LogP contribution in [-0.2, 0) is 11.2 Å². The Morgan fingerprint density at radius 3 is 2.61 bits per heavy atom. The molecule has 0 atom stereocenters. The number of halogens is 1. The fraction of sp³-hybridized carbons (Fsp3) is 0.278. The fourth-order valence-corrected chi connectivity index (χ4v) is 2.05. The van der Waals surface area contributed by atoms with Crippen LogP contribution < -0.4 is 14.8 Å². The highest BCUT2D eigenvalue weighted by molar-refractivity contribution is 5.76. The number of methoxy groups -OCH3 is 1. The largest absolute Gasteiger partial charge is 0.497 e. The zero-order valence-corrected chi connectivity index (χ0v) is 13.0. The molecular formula is C18H20FNO3. The van der Waals surface area contributed by atoms with Gasteiger partial charge in [0.1, 0.15) is 23.9 Å². The van der Waals surface area contributed by atoms with Gasteiger partial charge in [0.15, 0.2) is 0 Å². The molecule has 0 saturated carbocycles. The van der Waals surface area contributed by atoms with Gasteiger partial charge in [-0.05, 0) is 36.2 Å². The van der Waals surface area contributed by atoms with Gasteiger partial charge in [0, 0.05) is 12.5 Å². The Labute approximate surface area is 135 Å². The molecule has 0 saturated heterocycles. The molecule has 1 N–H and O–H groups in total. The Morgan fingerprint density at radius 1 is 1.13 bits per heavy atom. The third-order valence-corrected chi connectivity index (χ3v) is 3.29. The Bertz CT molecular complexity index is 628. The number of benzene rings is 2. The molecule has 0 radical (unpaired) electrons. The molecule has 2 aromatic rings. The Kier molecular flexibility index (Phi) is 6.41. The molecule has 0 heterocycles. The van der Waals surface area contributed by atoms with E-state index in [1.165, 1.54) is 12.1 Å². The van der Waals surface area contributed by atoms with Crippen LogP contribution in [0.4, 0.5) is 4.39 Å². The van der Waals surface area contributed by atoms with Gasteiger partial charge in [0.05, 0.1) is 13.7 Å². The van der Waals surface area contributed by atoms with Gasteiger partial charge in [-0.3, -0.25) is 4.79 Å². The lowest BCUT2D eigenvalue weighted by atomic mass is 10.1. The molecule has 1 amide bonds. The maximum absolute atomic E-state index is 12.8. The molecule has 2 aromatic carbocycles. The van der Waals surface area contributed by atoms with Crippen LogP contribution in [0.5, 0.6) is 11.5 Å². The SMILES string of the molecule is COc1cccc(OCCNC(=O)CCc2ccc(F)cc2)c1. The van der Waals surface area contributed by atoms with Crippen molar-refractivity contribution in [2.45, 2.75) is 12.8 Å². The Balaban J connectivity index is 1.63. The Hall–Kier alpha value is -2.56. The highest BCUT2D eigenvalue weighted by Crippen LogP contribution is 2.18. The number of hydrogen-bond donors (Lipinski definition) is 1. The molecule has 122 valence electrons. The van der Waals surface area contributed by atoms with Crippen LogP contribution in [0.15, 0.2) is 48.5 Å². The third kappa shape index (κ3) is 5.98. The van der Waals surface area contributed by atoms with Crippen LogP contribution in [0.3, 0.4) is 0 Å². The minimum Gasteiger partial charge on any atom is -0.497 e. The summed E-state index contributed by atoms with van der Waals surface area (Å²) in [6.45, 7) is 0.814. The van der Waals surface area contributed by atoms with Crippen LogP contribution >= 0.6 is 0 Å². The van der Waals surface area contributed by atoms with E-state index in [9.17, 15) is 9.18 Å². The average Bonchev–Trinajstić information content (AvgIpc) is 2.58. The van der Waals surface area contributed by atoms with E-state index in [1.807, 2.05) is 18.2 Å². The van der Waals surface area contributed by atoms with Crippen molar-refractivity contribution in [1.29, 1.82) is 0 Å². The summed E-state index contributed by atoms with van der Waals surface area (Å²) in [5.41, 5.74) is 0.939. The number of aryl methyl sites for hydroxylation is 1. The second-order valence-electron chi connectivity index (χ2n) is 5.00. The summed E-state index contributed by atoms with van der Waals surface area (Å²) < 4.78 is 23.4. The second-order valence-corrected chi connectivity index (χ2v) is 5.00. The first-order valence-corrected chi connectivity index (χ1v) is 7.45. The smallest absolute Gasteiger partial charge is 0.220 e. The summed E-state index contributed by atoms with van der Waals surface area (Å²) >= 11 is 0. The number of carbonyl (C=O) groups excluding carboxylic acids is 1. The van der Waals surface area contributed by atoms with Gasteiger partial charge in [0.25, 0.3) is 0 Å². The fourth-order valence-electron chi connectivity index (χ4n) is 2.05. The molecule has 0 bridgehead atoms. The van der Waals surface area contributed by atoms with Crippen molar-refractivity contribution < 1.29 is 18.7 Å². The van der Waals surface area contributed by atoms with E-state index in [0.717, 1.165) is 11.3 Å². The summed E-state index contributed by atoms with van der Waals surface area (Å²) in [5, 5.41) is 2.79. The van der Waals surface area contributed by atoms with E-state index in [2.05, 4.69) is 5.32 Å². The predicted molar refractivity (Wildman–Crippen MR) is 86.2 cm³/mol. The molecule has 0 unspecified atom stereocenters. The minimum atomic E-state index is -0.270. The molecule has 0 aromatic heterocycles. The van der Waals surface area contributed by atoms with Crippen molar-refractivity contribution in [2.24, 2.45) is 0 Å². The first kappa shape index (κ1) is 16.8. The average molecular weight is 317 g/mol. The van der Waals surface area contributed by atoms with E-state index in [4.69, 9.17) is 9.47 Å². The van der Waals surface area contributed by atoms with Crippen LogP contribution in [0, 0.1) is 5.82 Å². The monoisotopic (exact) mass is 317 g/mol. The van der Waals surface area contributed by atoms with Gasteiger partial charge < -0.3 is 14.8 Å². The van der Waals surface area contributed by atoms with Crippen molar-refractivity contribution in [3.8, 4) is 11.5 Å². The van der Waals surface area contributed by atoms with E-state index < -0.39 is 0 Å². The summed E-state index contributed by atoms with van der Waals surface area (Å²) in [7, 11) is 1.60. The molecule has 0 aliphatic rings. The molecule has 5 heteroatoms. The highest BCUT2D eigenvalue weighted by atomic mass is 19.1. The highest BCUT2D eigenvalue weighted by Gasteiger charge is 2.03. The van der Waals surface area contributed by atoms with Gasteiger partial charge in [-0.1, -0.05) is 18.2 Å². The maximum atomic E-state index is 12.8. The number of ether oxygens (including phenoxy) is 2. The number of nitrogens with one attached hydrogen (secondary N) is 1. The molecule has 0 spiro atoms. The van der Waals surface area contributed by atoms with Gasteiger partial charge in [-0.15, -0.1) is 0 Å². The van der Waals surface area contributed by atoms with Gasteiger partial charge in [0.2, 0.25) is 5.91 Å². The lowest BCUT2D eigenvalue weighted by Crippen LogP contribution is -2.28. The van der Waals surface area contributed by atoms with Crippen LogP contribution in [0.25, 0.3) is 0 Å². The minimum absolute atomic E-state index is 0.0523. The maximum Gasteiger partial charge on any atom is 0.220 e. The summed E-state index contributed by atoms with van der Waals surface area (Å²) in [6, 6.07) is 13.5. The second kappa shape index (κ2) is 8.78. The standard InChI is InChI=1S/C18H20FNO3/c1-22-16-3-2-4-17(13-16)23-12-11-20-18(21)10-7-14-5-8-15(19)9-6-14/h2-6,8-9,13H,7,10-12H2,1H3,(H,20,21). The van der Waals surface area contributed by atoms with E-state index >= 15 is 0 Å². The summed E-state index contributed by atoms with van der Waals surface area (Å²) in [4.78, 5) is 11.7. The van der Waals surface area contributed by atoms with Gasteiger partial charge >= 0.3 is 0 Å². The number of rotatable bonds is 8. The third-order valence-electron chi connectivity index (χ3n) is 3.29. The molecule has 0 aliphatic heterocycles. The molecule has 0 aliphatic carbocycles. The molecule has 4 nitrogen and oxygen atoms in total.